The zero-order valence-corrected chi connectivity index (χ0v) is 13.3. The molecule has 3 aromatic heterocycles. The first-order valence-electron chi connectivity index (χ1n) is 7.87. The van der Waals surface area contributed by atoms with Gasteiger partial charge in [-0.15, -0.1) is 0 Å². The highest BCUT2D eigenvalue weighted by Gasteiger charge is 2.10. The van der Waals surface area contributed by atoms with Gasteiger partial charge in [0.05, 0.1) is 0 Å². The summed E-state index contributed by atoms with van der Waals surface area (Å²) < 4.78 is 5.33. The smallest absolute Gasteiger partial charge is 0.258 e. The van der Waals surface area contributed by atoms with Crippen LogP contribution in [-0.4, -0.2) is 20.1 Å². The van der Waals surface area contributed by atoms with Gasteiger partial charge in [0.1, 0.15) is 5.82 Å². The van der Waals surface area contributed by atoms with Gasteiger partial charge in [0, 0.05) is 36.3 Å². The van der Waals surface area contributed by atoms with E-state index in [2.05, 4.69) is 25.4 Å². The van der Waals surface area contributed by atoms with E-state index in [1.165, 1.54) is 0 Å². The van der Waals surface area contributed by atoms with Gasteiger partial charge in [0.15, 0.2) is 0 Å². The standard InChI is InChI=1S/C19H15N5O/c1-2-6-15(7-3-1)19-23-18(24-25-19)16-8-9-17(22-13-16)21-12-14-5-4-10-20-11-14/h1-11,13H,12H2,(H,21,22). The molecule has 0 radical (unpaired) electrons. The lowest BCUT2D eigenvalue weighted by Gasteiger charge is -2.05. The molecule has 0 bridgehead atoms. The van der Waals surface area contributed by atoms with E-state index in [9.17, 15) is 0 Å². The molecular formula is C19H15N5O. The van der Waals surface area contributed by atoms with Gasteiger partial charge in [0.2, 0.25) is 5.82 Å². The fourth-order valence-corrected chi connectivity index (χ4v) is 2.36. The number of hydrogen-bond donors (Lipinski definition) is 1. The average molecular weight is 329 g/mol. The molecule has 0 saturated heterocycles. The van der Waals surface area contributed by atoms with Crippen LogP contribution in [0.25, 0.3) is 22.8 Å². The van der Waals surface area contributed by atoms with E-state index in [1.807, 2.05) is 60.8 Å². The third-order valence-corrected chi connectivity index (χ3v) is 3.66. The Hall–Kier alpha value is -3.54. The van der Waals surface area contributed by atoms with Crippen molar-refractivity contribution in [3.05, 3.63) is 78.8 Å². The quantitative estimate of drug-likeness (QED) is 0.600. The molecule has 0 fully saturated rings. The summed E-state index contributed by atoms with van der Waals surface area (Å²) in [5.41, 5.74) is 2.79. The Bertz CT molecular complexity index is 936. The van der Waals surface area contributed by atoms with Gasteiger partial charge < -0.3 is 9.84 Å². The Kier molecular flexibility index (Phi) is 4.16. The van der Waals surface area contributed by atoms with Crippen molar-refractivity contribution < 1.29 is 4.52 Å². The molecule has 3 heterocycles. The number of rotatable bonds is 5. The molecule has 25 heavy (non-hydrogen) atoms. The van der Waals surface area contributed by atoms with E-state index in [0.29, 0.717) is 18.3 Å². The molecular weight excluding hydrogens is 314 g/mol. The summed E-state index contributed by atoms with van der Waals surface area (Å²) in [5.74, 6) is 1.79. The molecule has 0 atom stereocenters. The van der Waals surface area contributed by atoms with E-state index in [-0.39, 0.29) is 0 Å². The second kappa shape index (κ2) is 6.92. The van der Waals surface area contributed by atoms with E-state index in [1.54, 1.807) is 12.4 Å². The highest BCUT2D eigenvalue weighted by molar-refractivity contribution is 5.60. The first-order valence-corrected chi connectivity index (χ1v) is 7.87. The molecule has 1 aromatic carbocycles. The highest BCUT2D eigenvalue weighted by atomic mass is 16.5. The zero-order chi connectivity index (χ0) is 16.9. The van der Waals surface area contributed by atoms with Gasteiger partial charge in [-0.3, -0.25) is 4.98 Å². The molecule has 0 aliphatic carbocycles. The van der Waals surface area contributed by atoms with Crippen LogP contribution in [0.15, 0.2) is 77.7 Å². The monoisotopic (exact) mass is 329 g/mol. The maximum atomic E-state index is 5.33. The third-order valence-electron chi connectivity index (χ3n) is 3.66. The molecule has 0 aliphatic heterocycles. The maximum absolute atomic E-state index is 5.33. The minimum Gasteiger partial charge on any atom is -0.366 e. The summed E-state index contributed by atoms with van der Waals surface area (Å²) in [6.45, 7) is 0.667. The molecule has 6 nitrogen and oxygen atoms in total. The molecule has 0 saturated carbocycles. The summed E-state index contributed by atoms with van der Waals surface area (Å²) in [5, 5.41) is 7.29. The minimum absolute atomic E-state index is 0.495. The van der Waals surface area contributed by atoms with Crippen molar-refractivity contribution >= 4 is 5.82 Å². The van der Waals surface area contributed by atoms with Crippen molar-refractivity contribution in [3.8, 4) is 22.8 Å². The van der Waals surface area contributed by atoms with Gasteiger partial charge in [-0.2, -0.15) is 4.98 Å². The van der Waals surface area contributed by atoms with Crippen molar-refractivity contribution in [1.29, 1.82) is 0 Å². The van der Waals surface area contributed by atoms with Crippen LogP contribution in [-0.2, 0) is 6.54 Å². The fourth-order valence-electron chi connectivity index (χ4n) is 2.36. The maximum Gasteiger partial charge on any atom is 0.258 e. The number of aromatic nitrogens is 4. The lowest BCUT2D eigenvalue weighted by atomic mass is 10.2. The number of benzene rings is 1. The predicted octanol–water partition coefficient (Wildman–Crippen LogP) is 3.81. The predicted molar refractivity (Wildman–Crippen MR) is 94.5 cm³/mol. The van der Waals surface area contributed by atoms with E-state index >= 15 is 0 Å². The fraction of sp³-hybridized carbons (Fsp3) is 0.0526. The van der Waals surface area contributed by atoms with Crippen molar-refractivity contribution in [1.82, 2.24) is 20.1 Å². The summed E-state index contributed by atoms with van der Waals surface area (Å²) in [4.78, 5) is 12.9. The topological polar surface area (TPSA) is 76.7 Å². The van der Waals surface area contributed by atoms with Crippen LogP contribution in [0.1, 0.15) is 5.56 Å². The van der Waals surface area contributed by atoms with Crippen molar-refractivity contribution in [2.45, 2.75) is 6.54 Å². The van der Waals surface area contributed by atoms with Gasteiger partial charge in [-0.25, -0.2) is 4.98 Å². The van der Waals surface area contributed by atoms with Gasteiger partial charge in [-0.05, 0) is 35.9 Å². The Labute approximate surface area is 144 Å². The zero-order valence-electron chi connectivity index (χ0n) is 13.3. The van der Waals surface area contributed by atoms with Crippen LogP contribution in [0.3, 0.4) is 0 Å². The summed E-state index contributed by atoms with van der Waals surface area (Å²) in [6.07, 6.45) is 5.31. The Morgan fingerprint density at radius 2 is 1.80 bits per heavy atom. The van der Waals surface area contributed by atoms with Crippen LogP contribution in [0.5, 0.6) is 0 Å². The molecule has 0 aliphatic rings. The lowest BCUT2D eigenvalue weighted by Crippen LogP contribution is -2.01. The third kappa shape index (κ3) is 3.53. The van der Waals surface area contributed by atoms with E-state index in [4.69, 9.17) is 4.52 Å². The highest BCUT2D eigenvalue weighted by Crippen LogP contribution is 2.22. The first kappa shape index (κ1) is 15.0. The molecule has 1 N–H and O–H groups in total. The van der Waals surface area contributed by atoms with Crippen LogP contribution in [0.2, 0.25) is 0 Å². The van der Waals surface area contributed by atoms with Crippen molar-refractivity contribution in [2.75, 3.05) is 5.32 Å². The molecule has 4 rings (SSSR count). The SMILES string of the molecule is c1ccc(-c2nc(-c3ccc(NCc4cccnc4)nc3)no2)cc1. The minimum atomic E-state index is 0.495. The van der Waals surface area contributed by atoms with Crippen LogP contribution in [0.4, 0.5) is 5.82 Å². The van der Waals surface area contributed by atoms with Gasteiger partial charge in [-0.1, -0.05) is 29.4 Å². The first-order chi connectivity index (χ1) is 12.4. The number of pyridine rings is 2. The largest absolute Gasteiger partial charge is 0.366 e. The summed E-state index contributed by atoms with van der Waals surface area (Å²) in [7, 11) is 0. The van der Waals surface area contributed by atoms with Crippen LogP contribution >= 0.6 is 0 Å². The molecule has 0 spiro atoms. The number of nitrogens with one attached hydrogen (secondary N) is 1. The molecule has 6 heteroatoms. The molecule has 0 amide bonds. The molecule has 122 valence electrons. The van der Waals surface area contributed by atoms with Gasteiger partial charge >= 0.3 is 0 Å². The Morgan fingerprint density at radius 1 is 0.880 bits per heavy atom. The number of hydrogen-bond acceptors (Lipinski definition) is 6. The molecule has 0 unspecified atom stereocenters. The molecule has 4 aromatic rings. The van der Waals surface area contributed by atoms with Gasteiger partial charge in [0.25, 0.3) is 5.89 Å². The van der Waals surface area contributed by atoms with Crippen molar-refractivity contribution in [2.24, 2.45) is 0 Å². The average Bonchev–Trinajstić information content (AvgIpc) is 3.19. The summed E-state index contributed by atoms with van der Waals surface area (Å²) >= 11 is 0. The van der Waals surface area contributed by atoms with E-state index < -0.39 is 0 Å². The van der Waals surface area contributed by atoms with Crippen LogP contribution in [0, 0.1) is 0 Å². The Morgan fingerprint density at radius 3 is 2.56 bits per heavy atom. The normalized spacial score (nSPS) is 10.6. The van der Waals surface area contributed by atoms with E-state index in [0.717, 1.165) is 22.5 Å². The number of anilines is 1. The second-order valence-corrected chi connectivity index (χ2v) is 5.44. The van der Waals surface area contributed by atoms with Crippen molar-refractivity contribution in [3.63, 3.8) is 0 Å². The lowest BCUT2D eigenvalue weighted by molar-refractivity contribution is 0.432. The second-order valence-electron chi connectivity index (χ2n) is 5.44. The van der Waals surface area contributed by atoms with Crippen LogP contribution < -0.4 is 5.32 Å². The number of nitrogens with zero attached hydrogens (tertiary/aromatic N) is 4. The Balaban J connectivity index is 1.46. The summed E-state index contributed by atoms with van der Waals surface area (Å²) in [6, 6.07) is 17.4.